The van der Waals surface area contributed by atoms with E-state index < -0.39 is 0 Å². The fraction of sp³-hybridized carbons (Fsp3) is 0.400. The summed E-state index contributed by atoms with van der Waals surface area (Å²) in [6, 6.07) is 8.33. The number of hydrogen-bond acceptors (Lipinski definition) is 6. The smallest absolute Gasteiger partial charge is 0.225 e. The van der Waals surface area contributed by atoms with Gasteiger partial charge >= 0.3 is 0 Å². The van der Waals surface area contributed by atoms with Crippen LogP contribution < -0.4 is 15.4 Å². The maximum atomic E-state index is 13.1. The molecule has 1 saturated heterocycles. The van der Waals surface area contributed by atoms with Crippen LogP contribution in [0.5, 0.6) is 0 Å². The summed E-state index contributed by atoms with van der Waals surface area (Å²) in [6.45, 7) is 3.66. The van der Waals surface area contributed by atoms with Crippen molar-refractivity contribution < 1.29 is 4.73 Å². The minimum absolute atomic E-state index is 0.128. The Bertz CT molecular complexity index is 1420. The van der Waals surface area contributed by atoms with E-state index in [1.807, 2.05) is 18.2 Å². The number of aryl methyl sites for hydroxylation is 2. The van der Waals surface area contributed by atoms with Crippen molar-refractivity contribution in [1.82, 2.24) is 15.0 Å². The maximum absolute atomic E-state index is 13.1. The number of aromatic nitrogens is 4. The number of pyridine rings is 1. The van der Waals surface area contributed by atoms with Gasteiger partial charge in [-0.25, -0.2) is 9.97 Å². The first-order valence-electron chi connectivity index (χ1n) is 12.0. The molecule has 1 aliphatic heterocycles. The van der Waals surface area contributed by atoms with Crippen LogP contribution in [0.4, 0.5) is 5.82 Å². The molecule has 1 atom stereocenters. The van der Waals surface area contributed by atoms with Crippen LogP contribution in [-0.4, -0.2) is 34.1 Å². The highest BCUT2D eigenvalue weighted by Crippen LogP contribution is 2.38. The molecule has 0 unspecified atom stereocenters. The summed E-state index contributed by atoms with van der Waals surface area (Å²) in [5, 5.41) is 16.3. The Kier molecular flexibility index (Phi) is 5.54. The number of halogens is 1. The molecule has 0 spiro atoms. The number of nitrogens with zero attached hydrogens (tertiary/aromatic N) is 4. The molecular weight excluding hydrogens is 468 g/mol. The van der Waals surface area contributed by atoms with Gasteiger partial charge in [0.2, 0.25) is 5.52 Å². The SMILES string of the molecule is CCc1[nH]c2nc(Sc3ccc4cc5c([n+]([O-])c4c3)CCCC5)nc(N3CC[C@H](N)C3)c2c1Cl. The van der Waals surface area contributed by atoms with Gasteiger partial charge in [0, 0.05) is 53.2 Å². The molecule has 9 heteroatoms. The van der Waals surface area contributed by atoms with Crippen LogP contribution in [0.1, 0.15) is 43.1 Å². The van der Waals surface area contributed by atoms with Crippen molar-refractivity contribution in [1.29, 1.82) is 0 Å². The number of anilines is 1. The molecule has 1 aromatic carbocycles. The van der Waals surface area contributed by atoms with Crippen molar-refractivity contribution in [2.24, 2.45) is 5.73 Å². The van der Waals surface area contributed by atoms with Gasteiger partial charge in [-0.05, 0) is 62.1 Å². The molecule has 34 heavy (non-hydrogen) atoms. The van der Waals surface area contributed by atoms with Crippen LogP contribution in [0.2, 0.25) is 5.02 Å². The van der Waals surface area contributed by atoms with Crippen molar-refractivity contribution in [3.8, 4) is 0 Å². The Balaban J connectivity index is 1.42. The molecule has 4 aromatic rings. The predicted octanol–water partition coefficient (Wildman–Crippen LogP) is 4.53. The summed E-state index contributed by atoms with van der Waals surface area (Å²) >= 11 is 8.18. The monoisotopic (exact) mass is 494 g/mol. The Morgan fingerprint density at radius 3 is 2.91 bits per heavy atom. The van der Waals surface area contributed by atoms with E-state index in [0.29, 0.717) is 15.7 Å². The Hall–Kier alpha value is -2.55. The summed E-state index contributed by atoms with van der Waals surface area (Å²) in [6.07, 6.45) is 5.77. The van der Waals surface area contributed by atoms with E-state index in [1.165, 1.54) is 17.3 Å². The average Bonchev–Trinajstić information content (AvgIpc) is 3.42. The molecule has 3 N–H and O–H groups in total. The lowest BCUT2D eigenvalue weighted by Crippen LogP contribution is -2.35. The predicted molar refractivity (Wildman–Crippen MR) is 137 cm³/mol. The minimum atomic E-state index is 0.128. The second kappa shape index (κ2) is 8.59. The maximum Gasteiger partial charge on any atom is 0.225 e. The quantitative estimate of drug-likeness (QED) is 0.246. The number of aromatic amines is 1. The molecule has 0 bridgehead atoms. The van der Waals surface area contributed by atoms with Gasteiger partial charge in [-0.2, -0.15) is 4.73 Å². The van der Waals surface area contributed by atoms with E-state index >= 15 is 0 Å². The topological polar surface area (TPSA) is 97.8 Å². The number of rotatable bonds is 4. The van der Waals surface area contributed by atoms with Gasteiger partial charge in [-0.15, -0.1) is 0 Å². The van der Waals surface area contributed by atoms with Crippen molar-refractivity contribution in [2.75, 3.05) is 18.0 Å². The highest BCUT2D eigenvalue weighted by atomic mass is 35.5. The zero-order valence-electron chi connectivity index (χ0n) is 19.1. The number of fused-ring (bicyclic) bond motifs is 3. The van der Waals surface area contributed by atoms with Gasteiger partial charge in [0.15, 0.2) is 10.9 Å². The largest absolute Gasteiger partial charge is 0.618 e. The fourth-order valence-electron chi connectivity index (χ4n) is 5.19. The lowest BCUT2D eigenvalue weighted by atomic mass is 9.94. The zero-order chi connectivity index (χ0) is 23.4. The van der Waals surface area contributed by atoms with E-state index in [2.05, 4.69) is 22.9 Å². The Morgan fingerprint density at radius 1 is 1.26 bits per heavy atom. The van der Waals surface area contributed by atoms with Gasteiger partial charge < -0.3 is 20.8 Å². The number of nitrogens with two attached hydrogens (primary N) is 1. The van der Waals surface area contributed by atoms with Crippen molar-refractivity contribution in [2.45, 2.75) is 61.5 Å². The molecule has 0 radical (unpaired) electrons. The van der Waals surface area contributed by atoms with Crippen LogP contribution in [0.25, 0.3) is 21.9 Å². The number of H-pyrrole nitrogens is 1. The molecule has 6 rings (SSSR count). The Labute approximate surface area is 207 Å². The molecule has 7 nitrogen and oxygen atoms in total. The number of hydrogen-bond donors (Lipinski definition) is 2. The van der Waals surface area contributed by atoms with Gasteiger partial charge in [-0.1, -0.05) is 18.5 Å². The van der Waals surface area contributed by atoms with Crippen molar-refractivity contribution in [3.63, 3.8) is 0 Å². The third-order valence-electron chi connectivity index (χ3n) is 6.99. The van der Waals surface area contributed by atoms with Gasteiger partial charge in [-0.3, -0.25) is 0 Å². The Morgan fingerprint density at radius 2 is 2.12 bits per heavy atom. The first-order valence-corrected chi connectivity index (χ1v) is 13.2. The lowest BCUT2D eigenvalue weighted by Gasteiger charge is -2.19. The highest BCUT2D eigenvalue weighted by molar-refractivity contribution is 7.99. The van der Waals surface area contributed by atoms with Crippen LogP contribution in [0, 0.1) is 5.21 Å². The molecule has 176 valence electrons. The summed E-state index contributed by atoms with van der Waals surface area (Å²) in [4.78, 5) is 16.2. The van der Waals surface area contributed by atoms with Crippen LogP contribution in [0.3, 0.4) is 0 Å². The van der Waals surface area contributed by atoms with E-state index in [9.17, 15) is 5.21 Å². The molecule has 1 aliphatic carbocycles. The molecule has 1 fully saturated rings. The third-order valence-corrected chi connectivity index (χ3v) is 8.26. The second-order valence-corrected chi connectivity index (χ2v) is 10.7. The van der Waals surface area contributed by atoms with Crippen LogP contribution >= 0.6 is 23.4 Å². The van der Waals surface area contributed by atoms with E-state index in [4.69, 9.17) is 27.3 Å². The number of benzene rings is 1. The summed E-state index contributed by atoms with van der Waals surface area (Å²) in [5.74, 6) is 0.829. The van der Waals surface area contributed by atoms with Crippen LogP contribution in [-0.2, 0) is 19.3 Å². The van der Waals surface area contributed by atoms with Gasteiger partial charge in [0.1, 0.15) is 11.5 Å². The molecule has 0 amide bonds. The van der Waals surface area contributed by atoms with E-state index in [1.54, 1.807) is 0 Å². The van der Waals surface area contributed by atoms with Gasteiger partial charge in [0.05, 0.1) is 10.4 Å². The zero-order valence-corrected chi connectivity index (χ0v) is 20.7. The van der Waals surface area contributed by atoms with Crippen LogP contribution in [0.15, 0.2) is 34.3 Å². The standard InChI is InChI=1S/C25H27ClN6OS/c1-2-18-22(26)21-23(28-18)29-25(30-24(21)31-10-9-16(27)13-31)34-17-8-7-15-11-14-5-3-4-6-19(14)32(33)20(15)12-17/h7-8,11-12,16H,2-6,9-10,13,27H2,1H3,(H,28,29,30)/t16-/m0/s1. The first-order chi connectivity index (χ1) is 16.5. The molecule has 3 aromatic heterocycles. The summed E-state index contributed by atoms with van der Waals surface area (Å²) < 4.78 is 1.13. The molecule has 4 heterocycles. The minimum Gasteiger partial charge on any atom is -0.618 e. The molecular formula is C25H27ClN6OS. The van der Waals surface area contributed by atoms with E-state index in [0.717, 1.165) is 94.9 Å². The molecule has 0 saturated carbocycles. The van der Waals surface area contributed by atoms with Crippen molar-refractivity contribution in [3.05, 3.63) is 51.4 Å². The summed E-state index contributed by atoms with van der Waals surface area (Å²) in [5.41, 5.74) is 10.7. The third kappa shape index (κ3) is 3.68. The summed E-state index contributed by atoms with van der Waals surface area (Å²) in [7, 11) is 0. The van der Waals surface area contributed by atoms with Crippen molar-refractivity contribution >= 4 is 51.1 Å². The molecule has 2 aliphatic rings. The van der Waals surface area contributed by atoms with Gasteiger partial charge in [0.25, 0.3) is 0 Å². The lowest BCUT2D eigenvalue weighted by molar-refractivity contribution is -0.587. The first kappa shape index (κ1) is 21.9. The average molecular weight is 495 g/mol. The fourth-order valence-corrected chi connectivity index (χ4v) is 6.33. The normalized spacial score (nSPS) is 18.2. The second-order valence-electron chi connectivity index (χ2n) is 9.26. The van der Waals surface area contributed by atoms with E-state index in [-0.39, 0.29) is 6.04 Å². The highest BCUT2D eigenvalue weighted by Gasteiger charge is 2.26. The number of nitrogens with one attached hydrogen (secondary N) is 1.